The topological polar surface area (TPSA) is 38.9 Å². The van der Waals surface area contributed by atoms with Crippen LogP contribution < -0.4 is 4.90 Å². The number of aromatic nitrogens is 4. The normalized spacial score (nSPS) is 12.8. The van der Waals surface area contributed by atoms with Crippen LogP contribution in [0.4, 0.5) is 17.1 Å². The van der Waals surface area contributed by atoms with Crippen molar-refractivity contribution in [1.29, 1.82) is 0 Å². The summed E-state index contributed by atoms with van der Waals surface area (Å²) >= 11 is 0. The first kappa shape index (κ1) is 33.8. The third-order valence-corrected chi connectivity index (χ3v) is 11.8. The summed E-state index contributed by atoms with van der Waals surface area (Å²) in [7, 11) is 0. The second-order valence-corrected chi connectivity index (χ2v) is 15.6. The van der Waals surface area contributed by atoms with Crippen LogP contribution in [-0.4, -0.2) is 19.3 Å². The van der Waals surface area contributed by atoms with E-state index in [1.54, 1.807) is 0 Å². The van der Waals surface area contributed by atoms with E-state index >= 15 is 0 Å². The number of para-hydroxylation sites is 4. The molecule has 2 heterocycles. The van der Waals surface area contributed by atoms with E-state index in [1.807, 2.05) is 24.3 Å². The lowest BCUT2D eigenvalue weighted by molar-refractivity contribution is 0.660. The minimum absolute atomic E-state index is 0.223. The predicted molar refractivity (Wildman–Crippen MR) is 239 cm³/mol. The Kier molecular flexibility index (Phi) is 7.76. The third kappa shape index (κ3) is 5.31. The molecule has 5 heteroatoms. The van der Waals surface area contributed by atoms with E-state index in [2.05, 4.69) is 204 Å². The van der Waals surface area contributed by atoms with Crippen molar-refractivity contribution in [3.8, 4) is 45.3 Å². The van der Waals surface area contributed by atoms with E-state index in [1.165, 1.54) is 49.7 Å². The van der Waals surface area contributed by atoms with Crippen LogP contribution in [0.2, 0.25) is 0 Å². The van der Waals surface area contributed by atoms with Crippen molar-refractivity contribution >= 4 is 38.9 Å². The Hall–Kier alpha value is -7.50. The molecule has 11 rings (SSSR count). The molecule has 5 nitrogen and oxygen atoms in total. The van der Waals surface area contributed by atoms with Gasteiger partial charge >= 0.3 is 0 Å². The Morgan fingerprint density at radius 3 is 1.52 bits per heavy atom. The molecule has 0 atom stereocenters. The Morgan fingerprint density at radius 2 is 0.879 bits per heavy atom. The highest BCUT2D eigenvalue weighted by Gasteiger charge is 2.36. The zero-order valence-corrected chi connectivity index (χ0v) is 32.3. The van der Waals surface area contributed by atoms with Gasteiger partial charge in [-0.3, -0.25) is 4.57 Å². The van der Waals surface area contributed by atoms with E-state index in [4.69, 9.17) is 10.2 Å². The van der Waals surface area contributed by atoms with Crippen molar-refractivity contribution < 1.29 is 0 Å². The highest BCUT2D eigenvalue weighted by Crippen LogP contribution is 2.51. The lowest BCUT2D eigenvalue weighted by Crippen LogP contribution is -2.17. The van der Waals surface area contributed by atoms with E-state index in [9.17, 15) is 0 Å². The molecule has 8 aromatic carbocycles. The predicted octanol–water partition coefficient (Wildman–Crippen LogP) is 13.5. The molecule has 2 aromatic heterocycles. The van der Waals surface area contributed by atoms with Crippen molar-refractivity contribution in [3.63, 3.8) is 0 Å². The van der Waals surface area contributed by atoms with Gasteiger partial charge in [0.1, 0.15) is 0 Å². The molecule has 0 fully saturated rings. The van der Waals surface area contributed by atoms with Crippen LogP contribution in [0.15, 0.2) is 200 Å². The van der Waals surface area contributed by atoms with Gasteiger partial charge in [-0.05, 0) is 107 Å². The van der Waals surface area contributed by atoms with E-state index in [0.717, 1.165) is 45.5 Å². The van der Waals surface area contributed by atoms with E-state index in [-0.39, 0.29) is 5.41 Å². The van der Waals surface area contributed by atoms with Crippen LogP contribution in [-0.2, 0) is 5.41 Å². The van der Waals surface area contributed by atoms with Gasteiger partial charge in [0, 0.05) is 55.8 Å². The molecule has 0 saturated carbocycles. The molecular formula is C53H39N5. The molecule has 0 saturated heterocycles. The van der Waals surface area contributed by atoms with Crippen molar-refractivity contribution in [2.75, 3.05) is 4.90 Å². The van der Waals surface area contributed by atoms with Gasteiger partial charge in [0.15, 0.2) is 11.6 Å². The fourth-order valence-electron chi connectivity index (χ4n) is 9.04. The molecule has 1 aliphatic carbocycles. The molecule has 10 aromatic rings. The monoisotopic (exact) mass is 745 g/mol. The number of hydrogen-bond donors (Lipinski definition) is 0. The van der Waals surface area contributed by atoms with E-state index in [0.29, 0.717) is 0 Å². The minimum atomic E-state index is -0.223. The standard InChI is InChI=1S/C53H39N5/c1-53(2)47-34-41(30-32-43(47)44-33-31-42(35-48(44)53)57-49-24-14-12-22-45(49)46-23-13-15-25-50(46)57)56(38-18-8-4-9-19-38)40-28-26-37(27-29-40)52-55-54-51(36-16-6-3-7-17-36)58(52)39-20-10-5-11-21-39/h3-35H,1-2H3. The first-order chi connectivity index (χ1) is 28.5. The van der Waals surface area contributed by atoms with Crippen molar-refractivity contribution in [2.24, 2.45) is 0 Å². The molecule has 0 aliphatic heterocycles. The highest BCUT2D eigenvalue weighted by atomic mass is 15.3. The van der Waals surface area contributed by atoms with Crippen LogP contribution in [0.3, 0.4) is 0 Å². The Bertz CT molecular complexity index is 3070. The molecule has 1 aliphatic rings. The van der Waals surface area contributed by atoms with Gasteiger partial charge in [-0.15, -0.1) is 10.2 Å². The summed E-state index contributed by atoms with van der Waals surface area (Å²) in [6.45, 7) is 4.73. The average molecular weight is 746 g/mol. The van der Waals surface area contributed by atoms with Crippen LogP contribution >= 0.6 is 0 Å². The maximum Gasteiger partial charge on any atom is 0.168 e. The summed E-state index contributed by atoms with van der Waals surface area (Å²) in [6.07, 6.45) is 0. The summed E-state index contributed by atoms with van der Waals surface area (Å²) < 4.78 is 4.56. The van der Waals surface area contributed by atoms with Crippen LogP contribution in [0.5, 0.6) is 0 Å². The summed E-state index contributed by atoms with van der Waals surface area (Å²) in [5, 5.41) is 12.0. The maximum absolute atomic E-state index is 4.75. The average Bonchev–Trinajstić information content (AvgIpc) is 3.94. The Labute approximate surface area is 337 Å². The van der Waals surface area contributed by atoms with Gasteiger partial charge in [-0.1, -0.05) is 129 Å². The summed E-state index contributed by atoms with van der Waals surface area (Å²) in [5.41, 5.74) is 14.9. The summed E-state index contributed by atoms with van der Waals surface area (Å²) in [6, 6.07) is 71.4. The lowest BCUT2D eigenvalue weighted by Gasteiger charge is -2.28. The molecule has 0 bridgehead atoms. The molecule has 0 spiro atoms. The van der Waals surface area contributed by atoms with E-state index < -0.39 is 0 Å². The Balaban J connectivity index is 0.991. The number of rotatable bonds is 7. The van der Waals surface area contributed by atoms with Gasteiger partial charge in [0.05, 0.1) is 11.0 Å². The third-order valence-electron chi connectivity index (χ3n) is 11.8. The van der Waals surface area contributed by atoms with Gasteiger partial charge < -0.3 is 9.47 Å². The van der Waals surface area contributed by atoms with Crippen LogP contribution in [0.25, 0.3) is 67.1 Å². The second kappa shape index (κ2) is 13.3. The van der Waals surface area contributed by atoms with Crippen molar-refractivity contribution in [2.45, 2.75) is 19.3 Å². The molecule has 0 radical (unpaired) electrons. The molecule has 276 valence electrons. The smallest absolute Gasteiger partial charge is 0.168 e. The van der Waals surface area contributed by atoms with Crippen LogP contribution in [0.1, 0.15) is 25.0 Å². The number of anilines is 3. The molecule has 0 unspecified atom stereocenters. The van der Waals surface area contributed by atoms with Gasteiger partial charge in [0.25, 0.3) is 0 Å². The van der Waals surface area contributed by atoms with Crippen molar-refractivity contribution in [1.82, 2.24) is 19.3 Å². The number of benzene rings is 8. The van der Waals surface area contributed by atoms with Crippen LogP contribution in [0, 0.1) is 0 Å². The Morgan fingerprint density at radius 1 is 0.397 bits per heavy atom. The largest absolute Gasteiger partial charge is 0.310 e. The molecule has 0 amide bonds. The van der Waals surface area contributed by atoms with Gasteiger partial charge in [-0.25, -0.2) is 0 Å². The maximum atomic E-state index is 4.75. The number of fused-ring (bicyclic) bond motifs is 6. The number of nitrogens with zero attached hydrogens (tertiary/aromatic N) is 5. The van der Waals surface area contributed by atoms with Gasteiger partial charge in [0.2, 0.25) is 0 Å². The molecule has 0 N–H and O–H groups in total. The number of hydrogen-bond acceptors (Lipinski definition) is 3. The van der Waals surface area contributed by atoms with Gasteiger partial charge in [-0.2, -0.15) is 0 Å². The zero-order valence-electron chi connectivity index (χ0n) is 32.3. The molecule has 58 heavy (non-hydrogen) atoms. The fraction of sp³-hybridized carbons (Fsp3) is 0.0566. The molecular weight excluding hydrogens is 707 g/mol. The first-order valence-electron chi connectivity index (χ1n) is 19.8. The zero-order chi connectivity index (χ0) is 38.8. The lowest BCUT2D eigenvalue weighted by atomic mass is 9.82. The second-order valence-electron chi connectivity index (χ2n) is 15.6. The quantitative estimate of drug-likeness (QED) is 0.163. The fourth-order valence-corrected chi connectivity index (χ4v) is 9.04. The summed E-state index contributed by atoms with van der Waals surface area (Å²) in [5.74, 6) is 1.60. The minimum Gasteiger partial charge on any atom is -0.310 e. The van der Waals surface area contributed by atoms with Crippen molar-refractivity contribution in [3.05, 3.63) is 211 Å². The first-order valence-corrected chi connectivity index (χ1v) is 19.8. The SMILES string of the molecule is CC1(C)c2cc(N(c3ccccc3)c3ccc(-c4nnc(-c5ccccc5)n4-c4ccccc4)cc3)ccc2-c2ccc(-n3c4ccccc4c4ccccc43)cc21. The summed E-state index contributed by atoms with van der Waals surface area (Å²) in [4.78, 5) is 2.35. The highest BCUT2D eigenvalue weighted by molar-refractivity contribution is 6.09.